The Balaban J connectivity index is 1.09. The molecular weight excluding hydrogens is 631 g/mol. The summed E-state index contributed by atoms with van der Waals surface area (Å²) in [7, 11) is 0. The summed E-state index contributed by atoms with van der Waals surface area (Å²) < 4.78 is 6.39. The molecule has 244 valence electrons. The van der Waals surface area contributed by atoms with E-state index in [1.807, 2.05) is 12.1 Å². The van der Waals surface area contributed by atoms with Crippen molar-refractivity contribution in [3.05, 3.63) is 200 Å². The maximum absolute atomic E-state index is 6.39. The van der Waals surface area contributed by atoms with E-state index in [1.165, 1.54) is 33.0 Å². The van der Waals surface area contributed by atoms with Crippen molar-refractivity contribution in [2.24, 2.45) is 0 Å². The van der Waals surface area contributed by atoms with Crippen LogP contribution in [-0.4, -0.2) is 0 Å². The Kier molecular flexibility index (Phi) is 7.18. The van der Waals surface area contributed by atoms with E-state index in [-0.39, 0.29) is 0 Å². The number of rotatable bonds is 6. The number of nitrogens with zero attached hydrogens (tertiary/aromatic N) is 1. The van der Waals surface area contributed by atoms with Crippen LogP contribution in [0.3, 0.4) is 0 Å². The lowest BCUT2D eigenvalue weighted by Crippen LogP contribution is -2.11. The molecule has 1 aromatic heterocycles. The Bertz CT molecular complexity index is 2880. The van der Waals surface area contributed by atoms with Crippen molar-refractivity contribution in [3.63, 3.8) is 0 Å². The lowest BCUT2D eigenvalue weighted by molar-refractivity contribution is 0.672. The zero-order chi connectivity index (χ0) is 34.4. The first-order chi connectivity index (χ1) is 25.8. The fourth-order valence-corrected chi connectivity index (χ4v) is 7.69. The van der Waals surface area contributed by atoms with Crippen LogP contribution in [0, 0.1) is 0 Å². The lowest BCUT2D eigenvalue weighted by Gasteiger charge is -2.29. The highest BCUT2D eigenvalue weighted by Gasteiger charge is 2.20. The summed E-state index contributed by atoms with van der Waals surface area (Å²) in [5.74, 6) is 0. The minimum absolute atomic E-state index is 0.917. The van der Waals surface area contributed by atoms with Crippen molar-refractivity contribution in [1.29, 1.82) is 0 Å². The van der Waals surface area contributed by atoms with Gasteiger partial charge in [-0.15, -0.1) is 0 Å². The highest BCUT2D eigenvalue weighted by atomic mass is 16.3. The Morgan fingerprint density at radius 3 is 1.71 bits per heavy atom. The second-order valence-corrected chi connectivity index (χ2v) is 13.3. The molecule has 2 heteroatoms. The summed E-state index contributed by atoms with van der Waals surface area (Å²) in [5, 5.41) is 6.97. The van der Waals surface area contributed by atoms with Gasteiger partial charge in [0.15, 0.2) is 0 Å². The van der Waals surface area contributed by atoms with E-state index in [9.17, 15) is 0 Å². The molecule has 10 rings (SSSR count). The molecule has 0 N–H and O–H groups in total. The molecule has 0 bridgehead atoms. The molecule has 0 amide bonds. The highest BCUT2D eigenvalue weighted by Crippen LogP contribution is 2.45. The Morgan fingerprint density at radius 2 is 0.904 bits per heavy atom. The fourth-order valence-electron chi connectivity index (χ4n) is 7.69. The van der Waals surface area contributed by atoms with E-state index in [0.717, 1.165) is 60.9 Å². The highest BCUT2D eigenvalue weighted by molar-refractivity contribution is 6.15. The number of hydrogen-bond donors (Lipinski definition) is 0. The predicted molar refractivity (Wildman–Crippen MR) is 220 cm³/mol. The number of benzene rings is 9. The largest absolute Gasteiger partial charge is 0.455 e. The number of furan rings is 1. The Hall–Kier alpha value is -6.90. The summed E-state index contributed by atoms with van der Waals surface area (Å²) in [5.41, 5.74) is 12.3. The molecule has 0 saturated heterocycles. The van der Waals surface area contributed by atoms with Crippen molar-refractivity contribution < 1.29 is 4.42 Å². The standard InChI is InChI=1S/C50H33NO/c1-2-11-34(12-3-1)35-21-23-36(24-22-35)37-25-29-41(30-26-37)51(48-19-10-14-38-13-4-5-15-42(38)48)47-18-8-6-16-43(47)39-27-31-44-40(33-39)28-32-46-45-17-7-9-20-49(45)52-50(44)46/h1-33H. The maximum Gasteiger partial charge on any atom is 0.143 e. The van der Waals surface area contributed by atoms with Crippen molar-refractivity contribution in [3.8, 4) is 33.4 Å². The molecule has 1 heterocycles. The number of hydrogen-bond acceptors (Lipinski definition) is 2. The van der Waals surface area contributed by atoms with Crippen LogP contribution in [-0.2, 0) is 0 Å². The minimum Gasteiger partial charge on any atom is -0.455 e. The number of anilines is 3. The molecule has 0 saturated carbocycles. The molecule has 0 aliphatic heterocycles. The van der Waals surface area contributed by atoms with Crippen LogP contribution >= 0.6 is 0 Å². The topological polar surface area (TPSA) is 16.4 Å². The molecule has 0 aliphatic carbocycles. The molecule has 52 heavy (non-hydrogen) atoms. The van der Waals surface area contributed by atoms with E-state index < -0.39 is 0 Å². The normalized spacial score (nSPS) is 11.5. The van der Waals surface area contributed by atoms with Gasteiger partial charge in [-0.1, -0.05) is 152 Å². The van der Waals surface area contributed by atoms with E-state index in [1.54, 1.807) is 0 Å². The molecule has 9 aromatic carbocycles. The third-order valence-corrected chi connectivity index (χ3v) is 10.3. The molecule has 0 fully saturated rings. The van der Waals surface area contributed by atoms with Gasteiger partial charge in [0.2, 0.25) is 0 Å². The molecule has 10 aromatic rings. The number of fused-ring (bicyclic) bond motifs is 6. The average molecular weight is 664 g/mol. The molecule has 0 unspecified atom stereocenters. The lowest BCUT2D eigenvalue weighted by atomic mass is 9.97. The van der Waals surface area contributed by atoms with Gasteiger partial charge in [-0.25, -0.2) is 0 Å². The molecule has 0 radical (unpaired) electrons. The molecule has 0 spiro atoms. The summed E-state index contributed by atoms with van der Waals surface area (Å²) in [6.07, 6.45) is 0. The van der Waals surface area contributed by atoms with Crippen LogP contribution < -0.4 is 4.90 Å². The first-order valence-electron chi connectivity index (χ1n) is 17.8. The third-order valence-electron chi connectivity index (χ3n) is 10.3. The van der Waals surface area contributed by atoms with Gasteiger partial charge in [-0.3, -0.25) is 0 Å². The van der Waals surface area contributed by atoms with Crippen LogP contribution in [0.15, 0.2) is 205 Å². The van der Waals surface area contributed by atoms with Crippen molar-refractivity contribution in [2.75, 3.05) is 4.90 Å². The predicted octanol–water partition coefficient (Wildman–Crippen LogP) is 14.4. The van der Waals surface area contributed by atoms with Crippen LogP contribution in [0.1, 0.15) is 0 Å². The van der Waals surface area contributed by atoms with E-state index >= 15 is 0 Å². The maximum atomic E-state index is 6.39. The van der Waals surface area contributed by atoms with Crippen molar-refractivity contribution >= 4 is 60.5 Å². The molecule has 0 aliphatic rings. The summed E-state index contributed by atoms with van der Waals surface area (Å²) >= 11 is 0. The Morgan fingerprint density at radius 1 is 0.327 bits per heavy atom. The first-order valence-corrected chi connectivity index (χ1v) is 17.8. The minimum atomic E-state index is 0.917. The third kappa shape index (κ3) is 5.12. The van der Waals surface area contributed by atoms with Gasteiger partial charge >= 0.3 is 0 Å². The van der Waals surface area contributed by atoms with E-state index in [4.69, 9.17) is 4.42 Å². The van der Waals surface area contributed by atoms with Crippen molar-refractivity contribution in [1.82, 2.24) is 0 Å². The molecule has 0 atom stereocenters. The quantitative estimate of drug-likeness (QED) is 0.176. The summed E-state index contributed by atoms with van der Waals surface area (Å²) in [6, 6.07) is 71.7. The van der Waals surface area contributed by atoms with E-state index in [0.29, 0.717) is 0 Å². The van der Waals surface area contributed by atoms with Gasteiger partial charge < -0.3 is 9.32 Å². The van der Waals surface area contributed by atoms with Gasteiger partial charge in [-0.05, 0) is 87.1 Å². The first kappa shape index (κ1) is 30.0. The average Bonchev–Trinajstić information content (AvgIpc) is 3.61. The fraction of sp³-hybridized carbons (Fsp3) is 0. The zero-order valence-electron chi connectivity index (χ0n) is 28.4. The van der Waals surface area contributed by atoms with Gasteiger partial charge in [0, 0.05) is 32.8 Å². The smallest absolute Gasteiger partial charge is 0.143 e. The van der Waals surface area contributed by atoms with Gasteiger partial charge in [0.05, 0.1) is 11.4 Å². The van der Waals surface area contributed by atoms with Gasteiger partial charge in [0.1, 0.15) is 11.2 Å². The molecular formula is C50H33NO. The van der Waals surface area contributed by atoms with Crippen molar-refractivity contribution in [2.45, 2.75) is 0 Å². The SMILES string of the molecule is c1ccc(-c2ccc(-c3ccc(N(c4ccccc4-c4ccc5c(ccc6c7ccccc7oc56)c4)c4cccc5ccccc45)cc3)cc2)cc1. The van der Waals surface area contributed by atoms with Crippen LogP contribution in [0.5, 0.6) is 0 Å². The summed E-state index contributed by atoms with van der Waals surface area (Å²) in [6.45, 7) is 0. The van der Waals surface area contributed by atoms with Gasteiger partial charge in [-0.2, -0.15) is 0 Å². The van der Waals surface area contributed by atoms with E-state index in [2.05, 4.69) is 193 Å². The zero-order valence-corrected chi connectivity index (χ0v) is 28.4. The number of para-hydroxylation sites is 2. The summed E-state index contributed by atoms with van der Waals surface area (Å²) in [4.78, 5) is 2.41. The Labute approximate surface area is 302 Å². The van der Waals surface area contributed by atoms with Crippen LogP contribution in [0.4, 0.5) is 17.1 Å². The van der Waals surface area contributed by atoms with Gasteiger partial charge in [0.25, 0.3) is 0 Å². The monoisotopic (exact) mass is 663 g/mol. The van der Waals surface area contributed by atoms with Crippen LogP contribution in [0.25, 0.3) is 76.9 Å². The molecule has 2 nitrogen and oxygen atoms in total. The second-order valence-electron chi connectivity index (χ2n) is 13.3. The van der Waals surface area contributed by atoms with Crippen LogP contribution in [0.2, 0.25) is 0 Å². The second kappa shape index (κ2) is 12.5.